The first-order chi connectivity index (χ1) is 6.79. The highest BCUT2D eigenvalue weighted by molar-refractivity contribution is 4.92. The van der Waals surface area contributed by atoms with E-state index in [9.17, 15) is 5.11 Å². The first-order valence-corrected chi connectivity index (χ1v) is 6.22. The minimum absolute atomic E-state index is 0.235. The third-order valence-corrected chi connectivity index (χ3v) is 4.35. The third kappa shape index (κ3) is 2.94. The maximum atomic E-state index is 10.4. The lowest BCUT2D eigenvalue weighted by Gasteiger charge is -2.43. The minimum atomic E-state index is -0.490. The van der Waals surface area contributed by atoms with Crippen molar-refractivity contribution in [3.63, 3.8) is 0 Å². The fraction of sp³-hybridized carbons (Fsp3) is 1.00. The van der Waals surface area contributed by atoms with E-state index < -0.39 is 5.60 Å². The predicted molar refractivity (Wildman–Crippen MR) is 64.6 cm³/mol. The molecule has 1 saturated carbocycles. The summed E-state index contributed by atoms with van der Waals surface area (Å²) in [5, 5.41) is 10.4. The van der Waals surface area contributed by atoms with Crippen LogP contribution in [-0.2, 0) is 0 Å². The Labute approximate surface area is 94.2 Å². The highest BCUT2D eigenvalue weighted by atomic mass is 16.3. The zero-order valence-electron chi connectivity index (χ0n) is 10.7. The van der Waals surface area contributed by atoms with Crippen LogP contribution in [0.25, 0.3) is 0 Å². The maximum absolute atomic E-state index is 10.4. The van der Waals surface area contributed by atoms with E-state index in [4.69, 9.17) is 5.73 Å². The first-order valence-electron chi connectivity index (χ1n) is 6.22. The number of nitrogens with two attached hydrogens (primary N) is 1. The van der Waals surface area contributed by atoms with Crippen LogP contribution >= 0.6 is 0 Å². The van der Waals surface area contributed by atoms with E-state index in [1.165, 1.54) is 0 Å². The molecule has 0 saturated heterocycles. The van der Waals surface area contributed by atoms with Crippen LogP contribution in [0.15, 0.2) is 0 Å². The largest absolute Gasteiger partial charge is 0.390 e. The Kier molecular flexibility index (Phi) is 3.83. The lowest BCUT2D eigenvalue weighted by atomic mass is 9.66. The van der Waals surface area contributed by atoms with Crippen LogP contribution in [0, 0.1) is 17.3 Å². The van der Waals surface area contributed by atoms with Gasteiger partial charge in [0.1, 0.15) is 0 Å². The van der Waals surface area contributed by atoms with Gasteiger partial charge in [-0.15, -0.1) is 0 Å². The molecule has 0 amide bonds. The molecular weight excluding hydrogens is 186 g/mol. The van der Waals surface area contributed by atoms with E-state index in [0.29, 0.717) is 12.0 Å². The summed E-state index contributed by atoms with van der Waals surface area (Å²) in [6.07, 6.45) is 4.13. The monoisotopic (exact) mass is 213 g/mol. The standard InChI is InChI=1S/C13H27NO/c1-10(9-14)13(15)7-5-11(6-8-13)12(2,3)4/h10-11,15H,5-9,14H2,1-4H3. The van der Waals surface area contributed by atoms with Gasteiger partial charge in [0.05, 0.1) is 5.60 Å². The summed E-state index contributed by atoms with van der Waals surface area (Å²) in [5.41, 5.74) is 5.54. The fourth-order valence-electron chi connectivity index (χ4n) is 2.70. The Balaban J connectivity index is 2.55. The Morgan fingerprint density at radius 2 is 1.80 bits per heavy atom. The summed E-state index contributed by atoms with van der Waals surface area (Å²) >= 11 is 0. The van der Waals surface area contributed by atoms with Gasteiger partial charge in [-0.05, 0) is 49.5 Å². The van der Waals surface area contributed by atoms with Gasteiger partial charge in [-0.25, -0.2) is 0 Å². The molecule has 90 valence electrons. The summed E-state index contributed by atoms with van der Waals surface area (Å²) in [6, 6.07) is 0. The molecule has 0 aromatic rings. The highest BCUT2D eigenvalue weighted by Crippen LogP contribution is 2.43. The molecule has 1 atom stereocenters. The second kappa shape index (κ2) is 4.42. The maximum Gasteiger partial charge on any atom is 0.0685 e. The molecule has 15 heavy (non-hydrogen) atoms. The van der Waals surface area contributed by atoms with Crippen LogP contribution in [0.1, 0.15) is 53.4 Å². The smallest absolute Gasteiger partial charge is 0.0685 e. The molecule has 0 radical (unpaired) electrons. The average Bonchev–Trinajstić information content (AvgIpc) is 2.15. The van der Waals surface area contributed by atoms with Crippen LogP contribution < -0.4 is 5.73 Å². The van der Waals surface area contributed by atoms with Gasteiger partial charge >= 0.3 is 0 Å². The summed E-state index contributed by atoms with van der Waals surface area (Å²) in [5.74, 6) is 0.987. The van der Waals surface area contributed by atoms with Gasteiger partial charge in [0.25, 0.3) is 0 Å². The fourth-order valence-corrected chi connectivity index (χ4v) is 2.70. The summed E-state index contributed by atoms with van der Waals surface area (Å²) < 4.78 is 0. The number of rotatable bonds is 2. The Morgan fingerprint density at radius 1 is 1.33 bits per heavy atom. The lowest BCUT2D eigenvalue weighted by Crippen LogP contribution is -2.44. The zero-order valence-corrected chi connectivity index (χ0v) is 10.7. The van der Waals surface area contributed by atoms with E-state index >= 15 is 0 Å². The van der Waals surface area contributed by atoms with Crippen LogP contribution in [0.2, 0.25) is 0 Å². The van der Waals surface area contributed by atoms with Crippen molar-refractivity contribution >= 4 is 0 Å². The van der Waals surface area contributed by atoms with Gasteiger partial charge in [0.15, 0.2) is 0 Å². The molecule has 0 heterocycles. The van der Waals surface area contributed by atoms with Crippen LogP contribution in [0.3, 0.4) is 0 Å². The van der Waals surface area contributed by atoms with Crippen molar-refractivity contribution in [2.45, 2.75) is 59.0 Å². The van der Waals surface area contributed by atoms with Crippen LogP contribution in [-0.4, -0.2) is 17.3 Å². The number of hydrogen-bond acceptors (Lipinski definition) is 2. The van der Waals surface area contributed by atoms with E-state index in [1.807, 2.05) is 0 Å². The van der Waals surface area contributed by atoms with Crippen molar-refractivity contribution in [3.05, 3.63) is 0 Å². The molecule has 0 aliphatic heterocycles. The van der Waals surface area contributed by atoms with Crippen LogP contribution in [0.4, 0.5) is 0 Å². The predicted octanol–water partition coefficient (Wildman–Crippen LogP) is 2.55. The molecule has 0 aromatic carbocycles. The molecule has 2 nitrogen and oxygen atoms in total. The molecule has 1 aliphatic carbocycles. The second-order valence-corrected chi connectivity index (χ2v) is 6.38. The van der Waals surface area contributed by atoms with E-state index in [1.54, 1.807) is 0 Å². The molecule has 0 spiro atoms. The van der Waals surface area contributed by atoms with E-state index in [-0.39, 0.29) is 5.92 Å². The summed E-state index contributed by atoms with van der Waals surface area (Å²) in [6.45, 7) is 9.56. The van der Waals surface area contributed by atoms with Crippen molar-refractivity contribution in [1.82, 2.24) is 0 Å². The van der Waals surface area contributed by atoms with E-state index in [0.717, 1.165) is 31.6 Å². The molecule has 1 rings (SSSR count). The first kappa shape index (κ1) is 13.0. The van der Waals surface area contributed by atoms with Gasteiger partial charge in [-0.3, -0.25) is 0 Å². The van der Waals surface area contributed by atoms with Gasteiger partial charge < -0.3 is 10.8 Å². The Hall–Kier alpha value is -0.0800. The molecule has 3 N–H and O–H groups in total. The average molecular weight is 213 g/mol. The highest BCUT2D eigenvalue weighted by Gasteiger charge is 2.40. The molecule has 1 aliphatic rings. The Morgan fingerprint density at radius 3 is 2.13 bits per heavy atom. The summed E-state index contributed by atoms with van der Waals surface area (Å²) in [7, 11) is 0. The van der Waals surface area contributed by atoms with Crippen molar-refractivity contribution in [1.29, 1.82) is 0 Å². The topological polar surface area (TPSA) is 46.2 Å². The Bertz CT molecular complexity index is 199. The second-order valence-electron chi connectivity index (χ2n) is 6.38. The summed E-state index contributed by atoms with van der Waals surface area (Å²) in [4.78, 5) is 0. The SMILES string of the molecule is CC(CN)C1(O)CCC(C(C)(C)C)CC1. The lowest BCUT2D eigenvalue weighted by molar-refractivity contribution is -0.0619. The molecule has 2 heteroatoms. The van der Waals surface area contributed by atoms with Gasteiger partial charge in [0, 0.05) is 0 Å². The minimum Gasteiger partial charge on any atom is -0.390 e. The normalized spacial score (nSPS) is 35.2. The molecule has 0 bridgehead atoms. The van der Waals surface area contributed by atoms with Crippen LogP contribution in [0.5, 0.6) is 0 Å². The zero-order chi connectivity index (χ0) is 11.7. The molecular formula is C13H27NO. The third-order valence-electron chi connectivity index (χ3n) is 4.35. The number of hydrogen-bond donors (Lipinski definition) is 2. The van der Waals surface area contributed by atoms with Gasteiger partial charge in [-0.1, -0.05) is 27.7 Å². The molecule has 1 unspecified atom stereocenters. The van der Waals surface area contributed by atoms with Crippen molar-refractivity contribution < 1.29 is 5.11 Å². The van der Waals surface area contributed by atoms with Crippen molar-refractivity contribution in [3.8, 4) is 0 Å². The van der Waals surface area contributed by atoms with Crippen molar-refractivity contribution in [2.75, 3.05) is 6.54 Å². The number of aliphatic hydroxyl groups is 1. The van der Waals surface area contributed by atoms with Gasteiger partial charge in [0.2, 0.25) is 0 Å². The molecule has 1 fully saturated rings. The quantitative estimate of drug-likeness (QED) is 0.740. The van der Waals surface area contributed by atoms with Crippen molar-refractivity contribution in [2.24, 2.45) is 23.0 Å². The van der Waals surface area contributed by atoms with E-state index in [2.05, 4.69) is 27.7 Å². The van der Waals surface area contributed by atoms with Gasteiger partial charge in [-0.2, -0.15) is 0 Å². The molecule has 0 aromatic heterocycles.